The maximum atomic E-state index is 14.3. The highest BCUT2D eigenvalue weighted by molar-refractivity contribution is 6.00. The Hall–Kier alpha value is -4.94. The van der Waals surface area contributed by atoms with Crippen molar-refractivity contribution in [2.45, 2.75) is 58.7 Å². The summed E-state index contributed by atoms with van der Waals surface area (Å²) >= 11 is 0. The summed E-state index contributed by atoms with van der Waals surface area (Å²) in [7, 11) is 2.94. The second-order valence-corrected chi connectivity index (χ2v) is 12.3. The molecule has 0 bridgehead atoms. The van der Waals surface area contributed by atoms with Crippen molar-refractivity contribution in [1.82, 2.24) is 19.8 Å². The highest BCUT2D eigenvalue weighted by atomic mass is 19.1. The van der Waals surface area contributed by atoms with Gasteiger partial charge < -0.3 is 30.1 Å². The summed E-state index contributed by atoms with van der Waals surface area (Å²) in [5.74, 6) is -1.80. The molecule has 0 aliphatic carbocycles. The third kappa shape index (κ3) is 9.82. The SMILES string of the molecule is CCCN(CCC)C(=O)c1cc(C)cc(C(=O)N(Cc2cccc(-c3cnc(OC)nc3OC)c2)C[C@@H](O)[C@@H](N)Cc2cc(F)cc(F)c2)c1. The molecular formula is C38H45F2N5O5. The molecule has 0 spiro atoms. The molecule has 0 radical (unpaired) electrons. The second kappa shape index (κ2) is 17.6. The summed E-state index contributed by atoms with van der Waals surface area (Å²) in [5.41, 5.74) is 10.0. The Morgan fingerprint density at radius 3 is 2.12 bits per heavy atom. The van der Waals surface area contributed by atoms with Crippen LogP contribution in [0.25, 0.3) is 11.1 Å². The second-order valence-electron chi connectivity index (χ2n) is 12.3. The smallest absolute Gasteiger partial charge is 0.319 e. The number of aromatic nitrogens is 2. The first kappa shape index (κ1) is 37.9. The van der Waals surface area contributed by atoms with Gasteiger partial charge in [-0.15, -0.1) is 0 Å². The molecule has 12 heteroatoms. The van der Waals surface area contributed by atoms with Crippen molar-refractivity contribution in [2.24, 2.45) is 5.73 Å². The van der Waals surface area contributed by atoms with Crippen LogP contribution in [0.5, 0.6) is 11.9 Å². The van der Waals surface area contributed by atoms with Crippen molar-refractivity contribution in [3.05, 3.63) is 106 Å². The summed E-state index contributed by atoms with van der Waals surface area (Å²) in [6.07, 6.45) is 1.88. The quantitative estimate of drug-likeness (QED) is 0.156. The molecule has 0 saturated heterocycles. The molecule has 1 aromatic heterocycles. The van der Waals surface area contributed by atoms with Gasteiger partial charge in [-0.25, -0.2) is 13.8 Å². The van der Waals surface area contributed by atoms with Gasteiger partial charge in [0.05, 0.1) is 25.9 Å². The number of aliphatic hydroxyl groups excluding tert-OH is 1. The van der Waals surface area contributed by atoms with Crippen LogP contribution in [0, 0.1) is 18.6 Å². The van der Waals surface area contributed by atoms with E-state index in [2.05, 4.69) is 9.97 Å². The monoisotopic (exact) mass is 689 g/mol. The van der Waals surface area contributed by atoms with Gasteiger partial charge in [0.15, 0.2) is 0 Å². The minimum Gasteiger partial charge on any atom is -0.480 e. The van der Waals surface area contributed by atoms with Crippen LogP contribution in [0.2, 0.25) is 0 Å². The fraction of sp³-hybridized carbons (Fsp3) is 0.368. The maximum Gasteiger partial charge on any atom is 0.319 e. The predicted molar refractivity (Wildman–Crippen MR) is 187 cm³/mol. The van der Waals surface area contributed by atoms with Gasteiger partial charge in [0.1, 0.15) is 11.6 Å². The summed E-state index contributed by atoms with van der Waals surface area (Å²) in [6, 6.07) is 14.7. The summed E-state index contributed by atoms with van der Waals surface area (Å²) in [5, 5.41) is 11.3. The molecule has 50 heavy (non-hydrogen) atoms. The van der Waals surface area contributed by atoms with Gasteiger partial charge in [0.2, 0.25) is 5.88 Å². The van der Waals surface area contributed by atoms with E-state index in [9.17, 15) is 23.5 Å². The Kier molecular flexibility index (Phi) is 13.4. The van der Waals surface area contributed by atoms with Crippen LogP contribution in [0.1, 0.15) is 64.1 Å². The standard InChI is InChI=1S/C38H45F2N5O5/c1-6-11-44(12-7-2)36(47)28-13-24(3)14-29(19-28)37(48)45(23-34(46)33(41)18-26-16-30(39)20-31(40)17-26)22-25-9-8-10-27(15-25)32-21-42-38(50-5)43-35(32)49-4/h8-10,13-17,19-21,33-34,46H,6-7,11-12,18,22-23,41H2,1-5H3/t33-,34+/m0/s1. The number of amides is 2. The lowest BCUT2D eigenvalue weighted by Crippen LogP contribution is -2.46. The zero-order valence-electron chi connectivity index (χ0n) is 29.2. The topological polar surface area (TPSA) is 131 Å². The molecule has 3 aromatic carbocycles. The number of benzene rings is 3. The number of ether oxygens (including phenoxy) is 2. The molecule has 1 heterocycles. The van der Waals surface area contributed by atoms with E-state index in [-0.39, 0.29) is 42.6 Å². The molecule has 2 atom stereocenters. The number of aliphatic hydroxyl groups is 1. The number of carbonyl (C=O) groups excluding carboxylic acids is 2. The van der Waals surface area contributed by atoms with E-state index >= 15 is 0 Å². The Balaban J connectivity index is 1.69. The van der Waals surface area contributed by atoms with Gasteiger partial charge in [-0.05, 0) is 84.8 Å². The van der Waals surface area contributed by atoms with Crippen LogP contribution in [0.15, 0.2) is 66.9 Å². The highest BCUT2D eigenvalue weighted by Gasteiger charge is 2.26. The first-order chi connectivity index (χ1) is 24.0. The molecule has 2 amide bonds. The number of hydrogen-bond acceptors (Lipinski definition) is 8. The van der Waals surface area contributed by atoms with Gasteiger partial charge in [0, 0.05) is 55.6 Å². The van der Waals surface area contributed by atoms with Gasteiger partial charge in [-0.3, -0.25) is 9.59 Å². The third-order valence-electron chi connectivity index (χ3n) is 8.15. The van der Waals surface area contributed by atoms with E-state index < -0.39 is 29.7 Å². The molecular weight excluding hydrogens is 644 g/mol. The number of hydrogen-bond donors (Lipinski definition) is 2. The van der Waals surface area contributed by atoms with E-state index in [1.54, 1.807) is 29.3 Å². The van der Waals surface area contributed by atoms with Crippen molar-refractivity contribution >= 4 is 11.8 Å². The van der Waals surface area contributed by atoms with Crippen LogP contribution in [-0.2, 0) is 13.0 Å². The fourth-order valence-electron chi connectivity index (χ4n) is 5.83. The summed E-state index contributed by atoms with van der Waals surface area (Å²) in [4.78, 5) is 39.6. The fourth-order valence-corrected chi connectivity index (χ4v) is 5.83. The van der Waals surface area contributed by atoms with Crippen LogP contribution in [0.4, 0.5) is 8.78 Å². The molecule has 10 nitrogen and oxygen atoms in total. The highest BCUT2D eigenvalue weighted by Crippen LogP contribution is 2.30. The molecule has 0 aliphatic heterocycles. The average molecular weight is 690 g/mol. The first-order valence-corrected chi connectivity index (χ1v) is 16.6. The molecule has 0 unspecified atom stereocenters. The molecule has 0 aliphatic rings. The maximum absolute atomic E-state index is 14.3. The minimum absolute atomic E-state index is 0.0294. The number of halogens is 2. The van der Waals surface area contributed by atoms with E-state index in [4.69, 9.17) is 15.2 Å². The lowest BCUT2D eigenvalue weighted by atomic mass is 10.00. The first-order valence-electron chi connectivity index (χ1n) is 16.6. The predicted octanol–water partition coefficient (Wildman–Crippen LogP) is 5.58. The van der Waals surface area contributed by atoms with Crippen molar-refractivity contribution in [1.29, 1.82) is 0 Å². The van der Waals surface area contributed by atoms with Gasteiger partial charge in [0.25, 0.3) is 11.8 Å². The van der Waals surface area contributed by atoms with Crippen molar-refractivity contribution in [3.63, 3.8) is 0 Å². The van der Waals surface area contributed by atoms with E-state index in [0.717, 1.165) is 42.2 Å². The zero-order chi connectivity index (χ0) is 36.4. The Labute approximate surface area is 291 Å². The molecule has 4 rings (SSSR count). The lowest BCUT2D eigenvalue weighted by molar-refractivity contribution is 0.0554. The number of rotatable bonds is 16. The Bertz CT molecular complexity index is 1760. The largest absolute Gasteiger partial charge is 0.480 e. The summed E-state index contributed by atoms with van der Waals surface area (Å²) < 4.78 is 38.4. The lowest BCUT2D eigenvalue weighted by Gasteiger charge is -2.29. The van der Waals surface area contributed by atoms with E-state index in [0.29, 0.717) is 35.7 Å². The molecule has 0 saturated carbocycles. The van der Waals surface area contributed by atoms with Crippen LogP contribution in [0.3, 0.4) is 0 Å². The van der Waals surface area contributed by atoms with Crippen molar-refractivity contribution in [2.75, 3.05) is 33.9 Å². The number of methoxy groups -OCH3 is 2. The van der Waals surface area contributed by atoms with Crippen molar-refractivity contribution < 1.29 is 33.0 Å². The van der Waals surface area contributed by atoms with Gasteiger partial charge >= 0.3 is 6.01 Å². The Morgan fingerprint density at radius 2 is 1.52 bits per heavy atom. The Morgan fingerprint density at radius 1 is 0.880 bits per heavy atom. The number of nitrogens with zero attached hydrogens (tertiary/aromatic N) is 4. The zero-order valence-corrected chi connectivity index (χ0v) is 29.2. The van der Waals surface area contributed by atoms with Crippen LogP contribution >= 0.6 is 0 Å². The number of aryl methyl sites for hydroxylation is 1. The normalized spacial score (nSPS) is 12.3. The average Bonchev–Trinajstić information content (AvgIpc) is 3.09. The van der Waals surface area contributed by atoms with Gasteiger partial charge in [-0.1, -0.05) is 32.0 Å². The van der Waals surface area contributed by atoms with Crippen molar-refractivity contribution in [3.8, 4) is 23.0 Å². The van der Waals surface area contributed by atoms with Crippen LogP contribution in [-0.4, -0.2) is 82.7 Å². The third-order valence-corrected chi connectivity index (χ3v) is 8.15. The molecule has 3 N–H and O–H groups in total. The molecule has 0 fully saturated rings. The minimum atomic E-state index is -1.26. The van der Waals surface area contributed by atoms with Crippen LogP contribution < -0.4 is 15.2 Å². The van der Waals surface area contributed by atoms with Gasteiger partial charge in [-0.2, -0.15) is 4.98 Å². The number of carbonyl (C=O) groups is 2. The van der Waals surface area contributed by atoms with E-state index in [1.165, 1.54) is 19.1 Å². The van der Waals surface area contributed by atoms with E-state index in [1.807, 2.05) is 45.0 Å². The summed E-state index contributed by atoms with van der Waals surface area (Å²) in [6.45, 7) is 6.87. The number of nitrogens with two attached hydrogens (primary N) is 1. The molecule has 4 aromatic rings. The molecule has 266 valence electrons.